The van der Waals surface area contributed by atoms with Crippen molar-refractivity contribution >= 4 is 11.6 Å². The van der Waals surface area contributed by atoms with Crippen LogP contribution in [0.4, 0.5) is 5.69 Å². The number of nitriles is 1. The molecule has 1 spiro atoms. The van der Waals surface area contributed by atoms with Gasteiger partial charge in [-0.2, -0.15) is 5.26 Å². The van der Waals surface area contributed by atoms with Crippen LogP contribution in [0.25, 0.3) is 0 Å². The lowest BCUT2D eigenvalue weighted by Crippen LogP contribution is -2.45. The molecule has 0 radical (unpaired) electrons. The average Bonchev–Trinajstić information content (AvgIpc) is 2.80. The van der Waals surface area contributed by atoms with Gasteiger partial charge in [0, 0.05) is 17.3 Å². The number of hydrogen-bond donors (Lipinski definition) is 2. The zero-order valence-electron chi connectivity index (χ0n) is 13.5. The van der Waals surface area contributed by atoms with Crippen LogP contribution in [0.15, 0.2) is 44.9 Å². The van der Waals surface area contributed by atoms with E-state index in [0.717, 1.165) is 5.56 Å². The first-order valence-electron chi connectivity index (χ1n) is 7.55. The molecule has 0 aliphatic carbocycles. The molecule has 0 saturated carbocycles. The highest BCUT2D eigenvalue weighted by Crippen LogP contribution is 2.52. The van der Waals surface area contributed by atoms with E-state index in [2.05, 4.69) is 5.32 Å². The largest absolute Gasteiger partial charge is 0.440 e. The molecule has 2 aliphatic heterocycles. The smallest absolute Gasteiger partial charge is 0.344 e. The molecule has 25 heavy (non-hydrogen) atoms. The first kappa shape index (κ1) is 15.0. The molecule has 4 rings (SSSR count). The summed E-state index contributed by atoms with van der Waals surface area (Å²) in [6.45, 7) is 3.44. The van der Waals surface area contributed by atoms with E-state index in [1.54, 1.807) is 19.1 Å². The fourth-order valence-electron chi connectivity index (χ4n) is 3.53. The number of ether oxygens (including phenoxy) is 1. The first-order chi connectivity index (χ1) is 11.9. The molecule has 1 atom stereocenters. The normalized spacial score (nSPS) is 20.6. The summed E-state index contributed by atoms with van der Waals surface area (Å²) in [4.78, 5) is 25.7. The zero-order chi connectivity index (χ0) is 17.9. The molecule has 3 heterocycles. The van der Waals surface area contributed by atoms with E-state index in [9.17, 15) is 14.9 Å². The van der Waals surface area contributed by atoms with Crippen molar-refractivity contribution in [2.45, 2.75) is 19.3 Å². The molecular formula is C18H13N3O4. The molecule has 2 aliphatic rings. The van der Waals surface area contributed by atoms with Gasteiger partial charge in [0.25, 0.3) is 0 Å². The highest BCUT2D eigenvalue weighted by molar-refractivity contribution is 6.12. The molecule has 1 amide bonds. The van der Waals surface area contributed by atoms with Gasteiger partial charge in [-0.05, 0) is 19.9 Å². The molecule has 1 aromatic heterocycles. The van der Waals surface area contributed by atoms with E-state index in [-0.39, 0.29) is 22.8 Å². The van der Waals surface area contributed by atoms with Gasteiger partial charge >= 0.3 is 5.63 Å². The SMILES string of the molecule is Cc1ccc2c(c1)C1(C(=O)N2)C(C#N)=C(N)Oc2cc(C)oc(=O)c21. The van der Waals surface area contributed by atoms with Crippen LogP contribution in [-0.4, -0.2) is 5.91 Å². The maximum atomic E-state index is 13.0. The summed E-state index contributed by atoms with van der Waals surface area (Å²) in [6, 6.07) is 8.75. The van der Waals surface area contributed by atoms with Gasteiger partial charge in [0.1, 0.15) is 28.7 Å². The van der Waals surface area contributed by atoms with E-state index in [1.165, 1.54) is 6.07 Å². The van der Waals surface area contributed by atoms with E-state index in [4.69, 9.17) is 14.9 Å². The third kappa shape index (κ3) is 1.73. The maximum Gasteiger partial charge on any atom is 0.344 e. The Morgan fingerprint density at radius 2 is 2.00 bits per heavy atom. The van der Waals surface area contributed by atoms with Crippen LogP contribution in [0.1, 0.15) is 22.5 Å². The number of carbonyl (C=O) groups is 1. The summed E-state index contributed by atoms with van der Waals surface area (Å²) in [7, 11) is 0. The van der Waals surface area contributed by atoms with Crippen molar-refractivity contribution in [1.82, 2.24) is 0 Å². The Balaban J connectivity index is 2.22. The van der Waals surface area contributed by atoms with Gasteiger partial charge in [-0.1, -0.05) is 17.7 Å². The zero-order valence-corrected chi connectivity index (χ0v) is 13.5. The number of nitrogens with one attached hydrogen (secondary N) is 1. The summed E-state index contributed by atoms with van der Waals surface area (Å²) < 4.78 is 10.7. The molecule has 1 unspecified atom stereocenters. The molecule has 0 fully saturated rings. The summed E-state index contributed by atoms with van der Waals surface area (Å²) in [5, 5.41) is 12.4. The van der Waals surface area contributed by atoms with Gasteiger partial charge in [-0.15, -0.1) is 0 Å². The third-order valence-corrected chi connectivity index (χ3v) is 4.53. The van der Waals surface area contributed by atoms with Crippen molar-refractivity contribution in [3.05, 3.63) is 68.6 Å². The number of benzene rings is 1. The molecule has 1 aromatic carbocycles. The maximum absolute atomic E-state index is 13.0. The Bertz CT molecular complexity index is 1090. The first-order valence-corrected chi connectivity index (χ1v) is 7.55. The number of aryl methyl sites for hydroxylation is 2. The van der Waals surface area contributed by atoms with Gasteiger partial charge in [0.05, 0.1) is 0 Å². The summed E-state index contributed by atoms with van der Waals surface area (Å²) in [6.07, 6.45) is 0. The van der Waals surface area contributed by atoms with E-state index in [0.29, 0.717) is 17.0 Å². The topological polar surface area (TPSA) is 118 Å². The minimum atomic E-state index is -1.68. The van der Waals surface area contributed by atoms with E-state index < -0.39 is 16.9 Å². The Labute approximate surface area is 142 Å². The molecule has 3 N–H and O–H groups in total. The number of nitrogens with zero attached hydrogens (tertiary/aromatic N) is 1. The Morgan fingerprint density at radius 3 is 2.72 bits per heavy atom. The van der Waals surface area contributed by atoms with E-state index >= 15 is 0 Å². The molecule has 7 heteroatoms. The second-order valence-electron chi connectivity index (χ2n) is 6.09. The monoisotopic (exact) mass is 335 g/mol. The van der Waals surface area contributed by atoms with Crippen LogP contribution in [0.3, 0.4) is 0 Å². The number of carbonyl (C=O) groups excluding carboxylic acids is 1. The van der Waals surface area contributed by atoms with Gasteiger partial charge < -0.3 is 20.2 Å². The van der Waals surface area contributed by atoms with Crippen molar-refractivity contribution in [1.29, 1.82) is 5.26 Å². The summed E-state index contributed by atoms with van der Waals surface area (Å²) in [5.74, 6) is -0.303. The van der Waals surface area contributed by atoms with Crippen LogP contribution in [0.2, 0.25) is 0 Å². The van der Waals surface area contributed by atoms with Gasteiger partial charge in [0.2, 0.25) is 11.8 Å². The molecule has 7 nitrogen and oxygen atoms in total. The second kappa shape index (κ2) is 4.74. The Morgan fingerprint density at radius 1 is 1.24 bits per heavy atom. The standard InChI is InChI=1S/C18H13N3O4/c1-8-3-4-12-10(5-8)18(17(23)21-12)11(7-19)15(20)25-13-6-9(2)24-16(22)14(13)18/h3-6H,20H2,1-2H3,(H,21,23). The Kier molecular flexibility index (Phi) is 2.85. The predicted octanol–water partition coefficient (Wildman–Crippen LogP) is 1.58. The number of rotatable bonds is 0. The lowest BCUT2D eigenvalue weighted by molar-refractivity contribution is -0.118. The minimum absolute atomic E-state index is 0.0364. The van der Waals surface area contributed by atoms with Crippen molar-refractivity contribution in [2.24, 2.45) is 5.73 Å². The van der Waals surface area contributed by atoms with Crippen molar-refractivity contribution in [3.8, 4) is 11.8 Å². The van der Waals surface area contributed by atoms with Crippen LogP contribution in [0, 0.1) is 25.2 Å². The molecule has 2 aromatic rings. The average molecular weight is 335 g/mol. The van der Waals surface area contributed by atoms with Crippen molar-refractivity contribution < 1.29 is 13.9 Å². The number of fused-ring (bicyclic) bond motifs is 4. The lowest BCUT2D eigenvalue weighted by atomic mass is 9.69. The number of amides is 1. The molecule has 0 bridgehead atoms. The molecule has 124 valence electrons. The van der Waals surface area contributed by atoms with Crippen LogP contribution < -0.4 is 21.4 Å². The minimum Gasteiger partial charge on any atom is -0.440 e. The van der Waals surface area contributed by atoms with Gasteiger partial charge in [-0.25, -0.2) is 4.79 Å². The second-order valence-corrected chi connectivity index (χ2v) is 6.09. The number of anilines is 1. The quantitative estimate of drug-likeness (QED) is 0.754. The molecule has 0 saturated heterocycles. The van der Waals surface area contributed by atoms with Crippen LogP contribution in [-0.2, 0) is 10.2 Å². The lowest BCUT2D eigenvalue weighted by Gasteiger charge is -2.32. The fraction of sp³-hybridized carbons (Fsp3) is 0.167. The molecular weight excluding hydrogens is 322 g/mol. The summed E-state index contributed by atoms with van der Waals surface area (Å²) >= 11 is 0. The Hall–Kier alpha value is -3.53. The summed E-state index contributed by atoms with van der Waals surface area (Å²) in [5.41, 5.74) is 5.23. The fourth-order valence-corrected chi connectivity index (χ4v) is 3.53. The number of hydrogen-bond acceptors (Lipinski definition) is 6. The predicted molar refractivity (Wildman–Crippen MR) is 87.8 cm³/mol. The van der Waals surface area contributed by atoms with Crippen LogP contribution in [0.5, 0.6) is 5.75 Å². The van der Waals surface area contributed by atoms with Gasteiger partial charge in [-0.3, -0.25) is 4.79 Å². The number of nitrogens with two attached hydrogens (primary N) is 1. The van der Waals surface area contributed by atoms with Crippen molar-refractivity contribution in [2.75, 3.05) is 5.32 Å². The highest BCUT2D eigenvalue weighted by Gasteiger charge is 2.58. The van der Waals surface area contributed by atoms with Crippen LogP contribution >= 0.6 is 0 Å². The van der Waals surface area contributed by atoms with Gasteiger partial charge in [0.15, 0.2) is 5.41 Å². The third-order valence-electron chi connectivity index (χ3n) is 4.53. The van der Waals surface area contributed by atoms with Crippen molar-refractivity contribution in [3.63, 3.8) is 0 Å². The highest BCUT2D eigenvalue weighted by atomic mass is 16.5. The van der Waals surface area contributed by atoms with E-state index in [1.807, 2.05) is 19.1 Å².